The van der Waals surface area contributed by atoms with E-state index >= 15 is 0 Å². The molecule has 17 heavy (non-hydrogen) atoms. The first kappa shape index (κ1) is 12.0. The van der Waals surface area contributed by atoms with Gasteiger partial charge in [0.15, 0.2) is 0 Å². The van der Waals surface area contributed by atoms with Crippen LogP contribution in [0.3, 0.4) is 0 Å². The van der Waals surface area contributed by atoms with E-state index in [2.05, 4.69) is 39.5 Å². The van der Waals surface area contributed by atoms with Crippen molar-refractivity contribution >= 4 is 17.2 Å². The van der Waals surface area contributed by atoms with Crippen LogP contribution in [0.1, 0.15) is 36.3 Å². The Morgan fingerprint density at radius 2 is 2.24 bits per heavy atom. The molecule has 2 rings (SSSR count). The van der Waals surface area contributed by atoms with Gasteiger partial charge in [-0.2, -0.15) is 0 Å². The number of aromatic nitrogens is 3. The number of thiazole rings is 1. The molecule has 0 saturated heterocycles. The summed E-state index contributed by atoms with van der Waals surface area (Å²) < 4.78 is 0. The van der Waals surface area contributed by atoms with Crippen molar-refractivity contribution in [2.45, 2.75) is 33.2 Å². The fourth-order valence-corrected chi connectivity index (χ4v) is 2.33. The lowest BCUT2D eigenvalue weighted by Gasteiger charge is -2.11. The quantitative estimate of drug-likeness (QED) is 0.903. The van der Waals surface area contributed by atoms with Gasteiger partial charge in [0.25, 0.3) is 0 Å². The predicted octanol–water partition coefficient (Wildman–Crippen LogP) is 2.98. The monoisotopic (exact) mass is 248 g/mol. The molecule has 2 aromatic heterocycles. The average molecular weight is 248 g/mol. The van der Waals surface area contributed by atoms with Gasteiger partial charge in [0, 0.05) is 22.8 Å². The van der Waals surface area contributed by atoms with Crippen LogP contribution >= 0.6 is 11.3 Å². The Labute approximate surface area is 105 Å². The lowest BCUT2D eigenvalue weighted by Crippen LogP contribution is -2.08. The van der Waals surface area contributed by atoms with Gasteiger partial charge < -0.3 is 5.32 Å². The van der Waals surface area contributed by atoms with Gasteiger partial charge in [-0.25, -0.2) is 15.0 Å². The molecule has 0 fully saturated rings. The fourth-order valence-electron chi connectivity index (χ4n) is 1.52. The van der Waals surface area contributed by atoms with E-state index in [1.165, 1.54) is 0 Å². The van der Waals surface area contributed by atoms with Gasteiger partial charge in [0.2, 0.25) is 0 Å². The summed E-state index contributed by atoms with van der Waals surface area (Å²) >= 11 is 1.67. The number of nitrogens with one attached hydrogen (secondary N) is 1. The Hall–Kier alpha value is -1.49. The van der Waals surface area contributed by atoms with E-state index in [4.69, 9.17) is 0 Å². The van der Waals surface area contributed by atoms with E-state index in [-0.39, 0.29) is 6.04 Å². The van der Waals surface area contributed by atoms with Crippen LogP contribution < -0.4 is 5.32 Å². The fraction of sp³-hybridized carbons (Fsp3) is 0.417. The van der Waals surface area contributed by atoms with Crippen LogP contribution in [-0.2, 0) is 6.42 Å². The molecule has 0 bridgehead atoms. The van der Waals surface area contributed by atoms with Crippen molar-refractivity contribution < 1.29 is 0 Å². The van der Waals surface area contributed by atoms with Crippen molar-refractivity contribution in [2.24, 2.45) is 0 Å². The van der Waals surface area contributed by atoms with Crippen molar-refractivity contribution in [2.75, 3.05) is 5.32 Å². The van der Waals surface area contributed by atoms with Crippen LogP contribution in [0.5, 0.6) is 0 Å². The maximum Gasteiger partial charge on any atom is 0.130 e. The van der Waals surface area contributed by atoms with Gasteiger partial charge in [0.1, 0.15) is 17.2 Å². The molecule has 0 aromatic carbocycles. The van der Waals surface area contributed by atoms with Gasteiger partial charge in [-0.3, -0.25) is 0 Å². The molecule has 0 amide bonds. The van der Waals surface area contributed by atoms with Gasteiger partial charge >= 0.3 is 0 Å². The molecule has 1 N–H and O–H groups in total. The van der Waals surface area contributed by atoms with Crippen molar-refractivity contribution in [3.63, 3.8) is 0 Å². The maximum absolute atomic E-state index is 4.46. The number of hydrogen-bond acceptors (Lipinski definition) is 5. The molecule has 4 nitrogen and oxygen atoms in total. The van der Waals surface area contributed by atoms with E-state index in [1.807, 2.05) is 13.0 Å². The molecule has 0 aliphatic rings. The third-order valence-electron chi connectivity index (χ3n) is 2.46. The zero-order valence-electron chi connectivity index (χ0n) is 10.3. The van der Waals surface area contributed by atoms with Crippen molar-refractivity contribution in [1.82, 2.24) is 15.0 Å². The maximum atomic E-state index is 4.46. The van der Waals surface area contributed by atoms with Crippen LogP contribution in [0.25, 0.3) is 0 Å². The number of anilines is 1. The van der Waals surface area contributed by atoms with Crippen LogP contribution in [0.4, 0.5) is 5.82 Å². The highest BCUT2D eigenvalue weighted by Crippen LogP contribution is 2.21. The molecule has 90 valence electrons. The summed E-state index contributed by atoms with van der Waals surface area (Å²) in [5.74, 6) is 0.859. The van der Waals surface area contributed by atoms with Gasteiger partial charge in [-0.1, -0.05) is 6.92 Å². The van der Waals surface area contributed by atoms with Crippen molar-refractivity contribution in [3.8, 4) is 0 Å². The Balaban J connectivity index is 2.09. The van der Waals surface area contributed by atoms with E-state index in [1.54, 1.807) is 17.7 Å². The highest BCUT2D eigenvalue weighted by molar-refractivity contribution is 7.09. The number of rotatable bonds is 4. The van der Waals surface area contributed by atoms with E-state index in [9.17, 15) is 0 Å². The Bertz CT molecular complexity index is 495. The Kier molecular flexibility index (Phi) is 3.68. The molecule has 0 radical (unpaired) electrons. The lowest BCUT2D eigenvalue weighted by molar-refractivity contribution is 0.849. The molecular weight excluding hydrogens is 232 g/mol. The number of hydrogen-bond donors (Lipinski definition) is 1. The Morgan fingerprint density at radius 1 is 1.41 bits per heavy atom. The molecule has 0 spiro atoms. The second kappa shape index (κ2) is 5.23. The number of aryl methyl sites for hydroxylation is 2. The minimum atomic E-state index is 0.174. The van der Waals surface area contributed by atoms with E-state index < -0.39 is 0 Å². The summed E-state index contributed by atoms with van der Waals surface area (Å²) in [5, 5.41) is 6.49. The molecule has 1 atom stereocenters. The zero-order chi connectivity index (χ0) is 12.3. The summed E-state index contributed by atoms with van der Waals surface area (Å²) in [6.45, 7) is 6.18. The van der Waals surface area contributed by atoms with Gasteiger partial charge in [0.05, 0.1) is 6.04 Å². The van der Waals surface area contributed by atoms with Crippen molar-refractivity contribution in [1.29, 1.82) is 0 Å². The summed E-state index contributed by atoms with van der Waals surface area (Å²) in [4.78, 5) is 12.9. The van der Waals surface area contributed by atoms with Crippen LogP contribution in [0.2, 0.25) is 0 Å². The van der Waals surface area contributed by atoms with E-state index in [0.29, 0.717) is 0 Å². The lowest BCUT2D eigenvalue weighted by atomic mass is 10.3. The summed E-state index contributed by atoms with van der Waals surface area (Å²) in [6.07, 6.45) is 2.52. The molecule has 0 saturated carbocycles. The predicted molar refractivity (Wildman–Crippen MR) is 70.3 cm³/mol. The van der Waals surface area contributed by atoms with Crippen molar-refractivity contribution in [3.05, 3.63) is 34.2 Å². The first-order valence-electron chi connectivity index (χ1n) is 5.68. The normalized spacial score (nSPS) is 12.4. The molecule has 0 aliphatic heterocycles. The molecule has 2 heterocycles. The highest BCUT2D eigenvalue weighted by atomic mass is 32.1. The van der Waals surface area contributed by atoms with Gasteiger partial charge in [-0.05, 0) is 20.3 Å². The minimum Gasteiger partial charge on any atom is -0.361 e. The Morgan fingerprint density at radius 3 is 2.88 bits per heavy atom. The summed E-state index contributed by atoms with van der Waals surface area (Å²) in [5.41, 5.74) is 2.11. The third kappa shape index (κ3) is 3.00. The van der Waals surface area contributed by atoms with Gasteiger partial charge in [-0.15, -0.1) is 11.3 Å². The molecule has 2 aromatic rings. The second-order valence-electron chi connectivity index (χ2n) is 3.94. The molecule has 1 unspecified atom stereocenters. The summed E-state index contributed by atoms with van der Waals surface area (Å²) in [6, 6.07) is 2.16. The van der Waals surface area contributed by atoms with Crippen LogP contribution in [0, 0.1) is 6.92 Å². The minimum absolute atomic E-state index is 0.174. The second-order valence-corrected chi connectivity index (χ2v) is 4.83. The molecule has 0 aliphatic carbocycles. The summed E-state index contributed by atoms with van der Waals surface area (Å²) in [7, 11) is 0. The topological polar surface area (TPSA) is 50.7 Å². The van der Waals surface area contributed by atoms with Crippen LogP contribution in [0.15, 0.2) is 17.8 Å². The molecular formula is C12H16N4S. The highest BCUT2D eigenvalue weighted by Gasteiger charge is 2.09. The first-order valence-corrected chi connectivity index (χ1v) is 6.56. The average Bonchev–Trinajstić information content (AvgIpc) is 2.76. The molecule has 5 heteroatoms. The van der Waals surface area contributed by atoms with Crippen LogP contribution in [-0.4, -0.2) is 15.0 Å². The first-order chi connectivity index (χ1) is 8.19. The standard InChI is InChI=1S/C12H16N4S/c1-4-10-5-11(14-7-13-10)16-9(3)12-15-8(2)6-17-12/h5-7,9H,4H2,1-3H3,(H,13,14,16). The third-order valence-corrected chi connectivity index (χ3v) is 3.60. The largest absolute Gasteiger partial charge is 0.361 e. The SMILES string of the molecule is CCc1cc(NC(C)c2nc(C)cs2)ncn1. The van der Waals surface area contributed by atoms with E-state index in [0.717, 1.165) is 28.6 Å². The zero-order valence-corrected chi connectivity index (χ0v) is 11.1. The smallest absolute Gasteiger partial charge is 0.130 e. The number of nitrogens with zero attached hydrogens (tertiary/aromatic N) is 3.